The van der Waals surface area contributed by atoms with Crippen LogP contribution in [0.25, 0.3) is 0 Å². The Morgan fingerprint density at radius 3 is 2.29 bits per heavy atom. The minimum Gasteiger partial charge on any atom is -0.487 e. The van der Waals surface area contributed by atoms with E-state index in [0.717, 1.165) is 18.2 Å². The van der Waals surface area contributed by atoms with Gasteiger partial charge in [0.25, 0.3) is 0 Å². The fourth-order valence-electron chi connectivity index (χ4n) is 4.89. The molecule has 2 aromatic rings. The molecule has 1 N–H and O–H groups in total. The Morgan fingerprint density at radius 2 is 1.66 bits per heavy atom. The summed E-state index contributed by atoms with van der Waals surface area (Å²) >= 11 is 5.88. The number of fused-ring (bicyclic) bond motifs is 3. The highest BCUT2D eigenvalue weighted by Gasteiger charge is 2.69. The second-order valence-corrected chi connectivity index (χ2v) is 13.1. The Hall–Kier alpha value is -2.33. The van der Waals surface area contributed by atoms with Gasteiger partial charge in [-0.1, -0.05) is 11.6 Å². The first-order valence-electron chi connectivity index (χ1n) is 10.9. The van der Waals surface area contributed by atoms with Gasteiger partial charge in [0.05, 0.1) is 17.1 Å². The zero-order valence-electron chi connectivity index (χ0n) is 19.1. The van der Waals surface area contributed by atoms with Crippen molar-refractivity contribution < 1.29 is 53.1 Å². The van der Waals surface area contributed by atoms with Crippen LogP contribution in [0.1, 0.15) is 24.8 Å². The lowest BCUT2D eigenvalue weighted by atomic mass is 9.69. The summed E-state index contributed by atoms with van der Waals surface area (Å²) in [5, 5.41) is 0.171. The van der Waals surface area contributed by atoms with Crippen LogP contribution >= 0.6 is 11.6 Å². The minimum absolute atomic E-state index is 0.171. The summed E-state index contributed by atoms with van der Waals surface area (Å²) in [6.45, 7) is -2.64. The summed E-state index contributed by atoms with van der Waals surface area (Å²) in [5.41, 5.74) is -8.62. The van der Waals surface area contributed by atoms with E-state index < -0.39 is 97.0 Å². The van der Waals surface area contributed by atoms with Crippen molar-refractivity contribution in [2.24, 2.45) is 0 Å². The van der Waals surface area contributed by atoms with Gasteiger partial charge in [-0.3, -0.25) is 4.79 Å². The van der Waals surface area contributed by atoms with E-state index in [4.69, 9.17) is 21.1 Å². The second-order valence-electron chi connectivity index (χ2n) is 8.71. The fourth-order valence-corrected chi connectivity index (χ4v) is 7.94. The molecule has 1 aliphatic heterocycles. The molecule has 0 unspecified atom stereocenters. The van der Waals surface area contributed by atoms with E-state index in [0.29, 0.717) is 6.07 Å². The molecule has 8 nitrogen and oxygen atoms in total. The van der Waals surface area contributed by atoms with Gasteiger partial charge in [0.15, 0.2) is 21.4 Å². The molecule has 2 aromatic carbocycles. The van der Waals surface area contributed by atoms with Crippen molar-refractivity contribution in [3.8, 4) is 5.75 Å². The van der Waals surface area contributed by atoms with Crippen LogP contribution in [0.4, 0.5) is 22.0 Å². The van der Waals surface area contributed by atoms with E-state index >= 15 is 4.39 Å². The number of ether oxygens (including phenoxy) is 2. The second kappa shape index (κ2) is 9.70. The number of hydrogen-bond acceptors (Lipinski definition) is 7. The van der Waals surface area contributed by atoms with Gasteiger partial charge in [0.1, 0.15) is 28.6 Å². The van der Waals surface area contributed by atoms with Crippen LogP contribution in [-0.2, 0) is 34.1 Å². The third-order valence-corrected chi connectivity index (χ3v) is 10.6. The van der Waals surface area contributed by atoms with Gasteiger partial charge in [-0.25, -0.2) is 30.3 Å². The number of hydrogen-bond donors (Lipinski definition) is 1. The Kier molecular flexibility index (Phi) is 7.32. The van der Waals surface area contributed by atoms with E-state index in [2.05, 4.69) is 0 Å². The van der Waals surface area contributed by atoms with Crippen LogP contribution in [0.3, 0.4) is 0 Å². The Bertz CT molecular complexity index is 1480. The fraction of sp³-hybridized carbons (Fsp3) is 0.409. The van der Waals surface area contributed by atoms with Crippen LogP contribution in [0, 0.1) is 11.6 Å². The van der Waals surface area contributed by atoms with Crippen LogP contribution in [-0.4, -0.2) is 53.5 Å². The topological polar surface area (TPSA) is 116 Å². The third kappa shape index (κ3) is 4.47. The molecule has 2 aliphatic rings. The number of Topliss-reactive ketones (excluding diaryl/α,β-unsaturated/α-hetero) is 1. The number of rotatable bonds is 7. The monoisotopic (exact) mass is 603 g/mol. The smallest absolute Gasteiger partial charge is 0.487 e. The lowest BCUT2D eigenvalue weighted by molar-refractivity contribution is -0.152. The zero-order chi connectivity index (χ0) is 28.1. The van der Waals surface area contributed by atoms with Crippen molar-refractivity contribution in [2.45, 2.75) is 40.0 Å². The molecule has 0 saturated heterocycles. The van der Waals surface area contributed by atoms with Crippen molar-refractivity contribution in [1.29, 1.82) is 0 Å². The van der Waals surface area contributed by atoms with Gasteiger partial charge >= 0.3 is 15.5 Å². The summed E-state index contributed by atoms with van der Waals surface area (Å²) in [4.78, 5) is 12.2. The highest BCUT2D eigenvalue weighted by Crippen LogP contribution is 2.59. The first-order valence-corrected chi connectivity index (χ1v) is 14.3. The summed E-state index contributed by atoms with van der Waals surface area (Å²) in [6.07, 6.45) is -1.66. The molecule has 2 atom stereocenters. The van der Waals surface area contributed by atoms with Gasteiger partial charge in [-0.15, -0.1) is 0 Å². The molecule has 1 heterocycles. The predicted molar refractivity (Wildman–Crippen MR) is 123 cm³/mol. The number of ketones is 1. The van der Waals surface area contributed by atoms with E-state index in [9.17, 15) is 39.2 Å². The molecule has 1 aliphatic carbocycles. The summed E-state index contributed by atoms with van der Waals surface area (Å²) in [6, 6.07) is 6.14. The predicted octanol–water partition coefficient (Wildman–Crippen LogP) is 3.63. The molecule has 1 saturated carbocycles. The molecule has 208 valence electrons. The number of nitrogens with one attached hydrogen (secondary N) is 1. The quantitative estimate of drug-likeness (QED) is 0.380. The van der Waals surface area contributed by atoms with Gasteiger partial charge in [0, 0.05) is 24.4 Å². The normalized spacial score (nSPS) is 23.9. The first-order chi connectivity index (χ1) is 17.6. The third-order valence-electron chi connectivity index (χ3n) is 6.55. The molecule has 0 amide bonds. The van der Waals surface area contributed by atoms with Crippen molar-refractivity contribution in [3.63, 3.8) is 0 Å². The molecule has 16 heteroatoms. The lowest BCUT2D eigenvalue weighted by Crippen LogP contribution is -2.66. The molecule has 0 bridgehead atoms. The Morgan fingerprint density at radius 1 is 1.03 bits per heavy atom. The molecule has 0 spiro atoms. The maximum absolute atomic E-state index is 15.4. The number of carbonyl (C=O) groups excluding carboxylic acids is 1. The van der Waals surface area contributed by atoms with Gasteiger partial charge in [-0.05, 0) is 42.8 Å². The van der Waals surface area contributed by atoms with Gasteiger partial charge in [0.2, 0.25) is 0 Å². The van der Waals surface area contributed by atoms with E-state index in [1.165, 1.54) is 16.9 Å². The largest absolute Gasteiger partial charge is 0.511 e. The number of alkyl halides is 3. The highest BCUT2D eigenvalue weighted by molar-refractivity contribution is 7.92. The van der Waals surface area contributed by atoms with Crippen molar-refractivity contribution in [1.82, 2.24) is 4.72 Å². The van der Waals surface area contributed by atoms with E-state index in [1.807, 2.05) is 0 Å². The Labute approximate surface area is 219 Å². The molecular weight excluding hydrogens is 585 g/mol. The zero-order valence-corrected chi connectivity index (χ0v) is 21.5. The molecule has 0 aromatic heterocycles. The van der Waals surface area contributed by atoms with Crippen molar-refractivity contribution in [3.05, 3.63) is 58.6 Å². The maximum Gasteiger partial charge on any atom is 0.511 e. The van der Waals surface area contributed by atoms with Crippen LogP contribution in [0.2, 0.25) is 5.02 Å². The molecule has 1 fully saturated rings. The van der Waals surface area contributed by atoms with Gasteiger partial charge < -0.3 is 9.47 Å². The number of halogens is 6. The van der Waals surface area contributed by atoms with Crippen LogP contribution in [0.5, 0.6) is 5.75 Å². The minimum atomic E-state index is -5.76. The van der Waals surface area contributed by atoms with Gasteiger partial charge in [-0.2, -0.15) is 13.2 Å². The molecule has 4 rings (SSSR count). The number of sulfonamides is 1. The molecule has 38 heavy (non-hydrogen) atoms. The highest BCUT2D eigenvalue weighted by atomic mass is 35.5. The van der Waals surface area contributed by atoms with Crippen molar-refractivity contribution >= 4 is 37.2 Å². The Balaban J connectivity index is 1.88. The summed E-state index contributed by atoms with van der Waals surface area (Å²) < 4.78 is 129. The van der Waals surface area contributed by atoms with E-state index in [-0.39, 0.29) is 16.3 Å². The average Bonchev–Trinajstić information content (AvgIpc) is 2.83. The number of benzene rings is 2. The molecule has 0 radical (unpaired) electrons. The average molecular weight is 604 g/mol. The first kappa shape index (κ1) is 28.7. The number of carbonyl (C=O) groups is 1. The van der Waals surface area contributed by atoms with Crippen LogP contribution < -0.4 is 9.46 Å². The standard InChI is InChI=1S/C22H19ClF5NO7S2/c23-13-1-3-15(4-2-13)37(31,32)21-8-7-14(30)11-20(21,36-10-9-29-38(33,34)22(26,27)28)12-35-19-17(25)6-5-16(24)18(19)21/h1-6,29H,7-12H2/t20-,21+/m0/s1. The lowest BCUT2D eigenvalue weighted by Gasteiger charge is -2.54. The number of sulfone groups is 1. The SMILES string of the molecule is O=C1CC[C@@]2(S(=O)(=O)c3ccc(Cl)cc3)c3c(F)ccc(F)c3OC[C@@]2(OCCNS(=O)(=O)C(F)(F)F)C1. The van der Waals surface area contributed by atoms with Crippen LogP contribution in [0.15, 0.2) is 41.3 Å². The molecular formula is C22H19ClF5NO7S2. The summed E-state index contributed by atoms with van der Waals surface area (Å²) in [7, 11) is -10.5. The summed E-state index contributed by atoms with van der Waals surface area (Å²) in [5.74, 6) is -3.52. The van der Waals surface area contributed by atoms with E-state index in [1.54, 1.807) is 0 Å². The van der Waals surface area contributed by atoms with Crippen molar-refractivity contribution in [2.75, 3.05) is 19.8 Å². The maximum atomic E-state index is 15.4.